The zero-order valence-electron chi connectivity index (χ0n) is 9.74. The van der Waals surface area contributed by atoms with E-state index in [1.54, 1.807) is 0 Å². The number of hydrogen-bond donors (Lipinski definition) is 2. The van der Waals surface area contributed by atoms with E-state index in [0.29, 0.717) is 0 Å². The highest BCUT2D eigenvalue weighted by atomic mass is 32.2. The van der Waals surface area contributed by atoms with Crippen LogP contribution >= 0.6 is 0 Å². The van der Waals surface area contributed by atoms with Crippen molar-refractivity contribution >= 4 is 22.4 Å². The van der Waals surface area contributed by atoms with Gasteiger partial charge in [0, 0.05) is 16.6 Å². The molecule has 4 nitrogen and oxygen atoms in total. The number of carbonyl (C=O) groups excluding carboxylic acids is 1. The summed E-state index contributed by atoms with van der Waals surface area (Å²) in [6.45, 7) is -0.348. The molecule has 2 N–H and O–H groups in total. The Kier molecular flexibility index (Phi) is 5.49. The number of amides is 1. The van der Waals surface area contributed by atoms with Gasteiger partial charge in [0.05, 0.1) is 17.9 Å². The molecule has 0 aliphatic heterocycles. The summed E-state index contributed by atoms with van der Waals surface area (Å²) in [5.74, 6) is -1.33. The van der Waals surface area contributed by atoms with Crippen LogP contribution in [0.15, 0.2) is 24.3 Å². The summed E-state index contributed by atoms with van der Waals surface area (Å²) >= 11 is 0. The minimum Gasteiger partial charge on any atom is -0.395 e. The maximum atomic E-state index is 12.6. The Labute approximate surface area is 110 Å². The molecule has 106 valence electrons. The number of para-hydroxylation sites is 1. The van der Waals surface area contributed by atoms with Gasteiger partial charge in [-0.2, -0.15) is 13.2 Å². The summed E-state index contributed by atoms with van der Waals surface area (Å²) in [7, 11) is -1.59. The van der Waals surface area contributed by atoms with Crippen molar-refractivity contribution in [1.29, 1.82) is 0 Å². The van der Waals surface area contributed by atoms with Crippen LogP contribution in [0.1, 0.15) is 5.56 Å². The Bertz CT molecular complexity index is 476. The largest absolute Gasteiger partial charge is 0.418 e. The Balaban J connectivity index is 2.77. The van der Waals surface area contributed by atoms with Gasteiger partial charge in [-0.3, -0.25) is 9.00 Å². The number of anilines is 1. The molecule has 0 aliphatic rings. The number of nitrogens with one attached hydrogen (secondary N) is 1. The zero-order chi connectivity index (χ0) is 14.5. The SMILES string of the molecule is O=C(CS(=O)CCO)Nc1ccccc1C(F)(F)F. The van der Waals surface area contributed by atoms with Crippen LogP contribution in [0.3, 0.4) is 0 Å². The Morgan fingerprint density at radius 2 is 1.95 bits per heavy atom. The van der Waals surface area contributed by atoms with E-state index in [4.69, 9.17) is 5.11 Å². The first-order valence-electron chi connectivity index (χ1n) is 5.26. The third-order valence-electron chi connectivity index (χ3n) is 2.12. The summed E-state index contributed by atoms with van der Waals surface area (Å²) in [5, 5.41) is 10.6. The maximum absolute atomic E-state index is 12.6. The van der Waals surface area contributed by atoms with Crippen LogP contribution in [0, 0.1) is 0 Å². The fourth-order valence-electron chi connectivity index (χ4n) is 1.35. The van der Waals surface area contributed by atoms with Crippen molar-refractivity contribution in [3.63, 3.8) is 0 Å². The molecular weight excluding hydrogens is 283 g/mol. The number of aliphatic hydroxyl groups excluding tert-OH is 1. The molecule has 0 saturated heterocycles. The minimum absolute atomic E-state index is 0.0890. The molecule has 0 bridgehead atoms. The average Bonchev–Trinajstić information content (AvgIpc) is 2.28. The van der Waals surface area contributed by atoms with E-state index in [0.717, 1.165) is 12.1 Å². The van der Waals surface area contributed by atoms with Gasteiger partial charge < -0.3 is 10.4 Å². The zero-order valence-corrected chi connectivity index (χ0v) is 10.6. The normalized spacial score (nSPS) is 13.1. The summed E-state index contributed by atoms with van der Waals surface area (Å²) < 4.78 is 49.1. The quantitative estimate of drug-likeness (QED) is 0.862. The fraction of sp³-hybridized carbons (Fsp3) is 0.364. The predicted molar refractivity (Wildman–Crippen MR) is 65.0 cm³/mol. The van der Waals surface area contributed by atoms with Crippen molar-refractivity contribution < 1.29 is 27.3 Å². The van der Waals surface area contributed by atoms with E-state index in [-0.39, 0.29) is 18.0 Å². The molecule has 0 saturated carbocycles. The van der Waals surface area contributed by atoms with Crippen LogP contribution in [-0.4, -0.2) is 33.3 Å². The van der Waals surface area contributed by atoms with Gasteiger partial charge in [0.2, 0.25) is 5.91 Å². The lowest BCUT2D eigenvalue weighted by molar-refractivity contribution is -0.137. The van der Waals surface area contributed by atoms with Crippen LogP contribution in [0.25, 0.3) is 0 Å². The van der Waals surface area contributed by atoms with Crippen molar-refractivity contribution in [2.24, 2.45) is 0 Å². The van der Waals surface area contributed by atoms with Gasteiger partial charge in [0.15, 0.2) is 0 Å². The van der Waals surface area contributed by atoms with Crippen molar-refractivity contribution in [1.82, 2.24) is 0 Å². The lowest BCUT2D eigenvalue weighted by Crippen LogP contribution is -2.23. The first-order chi connectivity index (χ1) is 8.84. The second-order valence-corrected chi connectivity index (χ2v) is 5.18. The smallest absolute Gasteiger partial charge is 0.395 e. The van der Waals surface area contributed by atoms with Gasteiger partial charge in [-0.25, -0.2) is 0 Å². The van der Waals surface area contributed by atoms with E-state index in [9.17, 15) is 22.2 Å². The van der Waals surface area contributed by atoms with E-state index in [1.807, 2.05) is 0 Å². The topological polar surface area (TPSA) is 66.4 Å². The average molecular weight is 295 g/mol. The lowest BCUT2D eigenvalue weighted by Gasteiger charge is -2.13. The molecular formula is C11H12F3NO3S. The van der Waals surface area contributed by atoms with E-state index < -0.39 is 34.2 Å². The maximum Gasteiger partial charge on any atom is 0.418 e. The van der Waals surface area contributed by atoms with Crippen LogP contribution in [0.4, 0.5) is 18.9 Å². The highest BCUT2D eigenvalue weighted by molar-refractivity contribution is 7.85. The number of hydrogen-bond acceptors (Lipinski definition) is 3. The summed E-state index contributed by atoms with van der Waals surface area (Å²) in [6, 6.07) is 4.54. The van der Waals surface area contributed by atoms with Gasteiger partial charge in [-0.1, -0.05) is 12.1 Å². The molecule has 0 radical (unpaired) electrons. The van der Waals surface area contributed by atoms with Crippen LogP contribution in [0.2, 0.25) is 0 Å². The van der Waals surface area contributed by atoms with Crippen LogP contribution in [0.5, 0.6) is 0 Å². The Morgan fingerprint density at radius 1 is 1.32 bits per heavy atom. The molecule has 1 amide bonds. The highest BCUT2D eigenvalue weighted by Crippen LogP contribution is 2.34. The van der Waals surface area contributed by atoms with Crippen molar-refractivity contribution in [3.8, 4) is 0 Å². The number of halogens is 3. The molecule has 0 aliphatic carbocycles. The number of alkyl halides is 3. The molecule has 0 fully saturated rings. The second-order valence-electron chi connectivity index (χ2n) is 3.60. The molecule has 1 atom stereocenters. The number of benzene rings is 1. The molecule has 0 heterocycles. The number of carbonyl (C=O) groups is 1. The van der Waals surface area contributed by atoms with Gasteiger partial charge in [-0.05, 0) is 12.1 Å². The van der Waals surface area contributed by atoms with E-state index in [2.05, 4.69) is 5.32 Å². The Morgan fingerprint density at radius 3 is 2.53 bits per heavy atom. The van der Waals surface area contributed by atoms with Crippen molar-refractivity contribution in [3.05, 3.63) is 29.8 Å². The summed E-state index contributed by atoms with van der Waals surface area (Å²) in [5.41, 5.74) is -1.34. The van der Waals surface area contributed by atoms with E-state index >= 15 is 0 Å². The molecule has 1 rings (SSSR count). The van der Waals surface area contributed by atoms with Gasteiger partial charge >= 0.3 is 6.18 Å². The van der Waals surface area contributed by atoms with Crippen molar-refractivity contribution in [2.45, 2.75) is 6.18 Å². The molecule has 0 spiro atoms. The fourth-order valence-corrected chi connectivity index (χ4v) is 2.06. The number of aliphatic hydroxyl groups is 1. The molecule has 1 aromatic carbocycles. The molecule has 19 heavy (non-hydrogen) atoms. The second kappa shape index (κ2) is 6.67. The monoisotopic (exact) mass is 295 g/mol. The highest BCUT2D eigenvalue weighted by Gasteiger charge is 2.33. The van der Waals surface area contributed by atoms with Crippen LogP contribution in [-0.2, 0) is 21.8 Å². The molecule has 1 unspecified atom stereocenters. The summed E-state index contributed by atoms with van der Waals surface area (Å²) in [6.07, 6.45) is -4.58. The van der Waals surface area contributed by atoms with Gasteiger partial charge in [-0.15, -0.1) is 0 Å². The van der Waals surface area contributed by atoms with Crippen LogP contribution < -0.4 is 5.32 Å². The van der Waals surface area contributed by atoms with Crippen molar-refractivity contribution in [2.75, 3.05) is 23.4 Å². The third kappa shape index (κ3) is 4.99. The molecule has 8 heteroatoms. The van der Waals surface area contributed by atoms with E-state index in [1.165, 1.54) is 12.1 Å². The predicted octanol–water partition coefficient (Wildman–Crippen LogP) is 1.38. The Hall–Kier alpha value is -1.41. The first kappa shape index (κ1) is 15.6. The molecule has 0 aromatic heterocycles. The van der Waals surface area contributed by atoms with Gasteiger partial charge in [0.1, 0.15) is 5.75 Å². The standard InChI is InChI=1S/C11H12F3NO3S/c12-11(13,14)8-3-1-2-4-9(8)15-10(17)7-19(18)6-5-16/h1-4,16H,5-7H2,(H,15,17). The number of rotatable bonds is 5. The lowest BCUT2D eigenvalue weighted by atomic mass is 10.1. The first-order valence-corrected chi connectivity index (χ1v) is 6.75. The minimum atomic E-state index is -4.58. The third-order valence-corrected chi connectivity index (χ3v) is 3.34. The summed E-state index contributed by atoms with van der Waals surface area (Å²) in [4.78, 5) is 11.4. The van der Waals surface area contributed by atoms with Gasteiger partial charge in [0.25, 0.3) is 0 Å². The molecule has 1 aromatic rings.